The molecule has 1 aliphatic heterocycles. The molecule has 1 saturated heterocycles. The van der Waals surface area contributed by atoms with E-state index in [9.17, 15) is 4.79 Å². The fourth-order valence-corrected chi connectivity index (χ4v) is 3.27. The first-order valence-corrected chi connectivity index (χ1v) is 8.47. The van der Waals surface area contributed by atoms with Crippen LogP contribution in [0.1, 0.15) is 29.2 Å². The van der Waals surface area contributed by atoms with Gasteiger partial charge in [0.25, 0.3) is 5.91 Å². The van der Waals surface area contributed by atoms with Gasteiger partial charge in [-0.1, -0.05) is 35.5 Å². The van der Waals surface area contributed by atoms with Crippen molar-refractivity contribution in [2.24, 2.45) is 0 Å². The lowest BCUT2D eigenvalue weighted by Gasteiger charge is -2.31. The van der Waals surface area contributed by atoms with Crippen LogP contribution in [-0.2, 0) is 0 Å². The minimum Gasteiger partial charge on any atom is -0.338 e. The lowest BCUT2D eigenvalue weighted by molar-refractivity contribution is 0.0689. The van der Waals surface area contributed by atoms with Crippen LogP contribution in [0, 0.1) is 0 Å². The quantitative estimate of drug-likeness (QED) is 0.739. The molecule has 3 heterocycles. The van der Waals surface area contributed by atoms with E-state index in [1.165, 1.54) is 0 Å². The van der Waals surface area contributed by atoms with Gasteiger partial charge in [0.15, 0.2) is 0 Å². The molecule has 4 rings (SSSR count). The number of piperidine rings is 1. The maximum atomic E-state index is 12.8. The van der Waals surface area contributed by atoms with Crippen LogP contribution in [-0.4, -0.2) is 43.9 Å². The zero-order valence-electron chi connectivity index (χ0n) is 13.8. The lowest BCUT2D eigenvalue weighted by Crippen LogP contribution is -2.39. The van der Waals surface area contributed by atoms with Crippen molar-refractivity contribution < 1.29 is 4.79 Å². The van der Waals surface area contributed by atoms with Gasteiger partial charge < -0.3 is 4.90 Å². The van der Waals surface area contributed by atoms with Gasteiger partial charge in [0.1, 0.15) is 0 Å². The van der Waals surface area contributed by atoms with Gasteiger partial charge >= 0.3 is 0 Å². The molecule has 0 N–H and O–H groups in total. The molecular formula is C19H19N5O. The minimum atomic E-state index is 0.0438. The van der Waals surface area contributed by atoms with Crippen LogP contribution >= 0.6 is 0 Å². The Morgan fingerprint density at radius 1 is 1.04 bits per heavy atom. The smallest absolute Gasteiger partial charge is 0.255 e. The summed E-state index contributed by atoms with van der Waals surface area (Å²) in [6.07, 6.45) is 8.80. The first-order chi connectivity index (χ1) is 12.3. The summed E-state index contributed by atoms with van der Waals surface area (Å²) < 4.78 is 1.89. The lowest BCUT2D eigenvalue weighted by atomic mass is 10.0. The summed E-state index contributed by atoms with van der Waals surface area (Å²) in [5, 5.41) is 7.93. The SMILES string of the molecule is O=C(c1cncc(-c2ccccc2)c1)N1CCC(n2ccnn2)CC1. The number of benzene rings is 1. The first kappa shape index (κ1) is 15.5. The third-order valence-corrected chi connectivity index (χ3v) is 4.66. The molecule has 25 heavy (non-hydrogen) atoms. The van der Waals surface area contributed by atoms with Gasteiger partial charge in [-0.3, -0.25) is 9.78 Å². The van der Waals surface area contributed by atoms with E-state index in [1.807, 2.05) is 52.2 Å². The average Bonchev–Trinajstić information content (AvgIpc) is 3.23. The highest BCUT2D eigenvalue weighted by Gasteiger charge is 2.25. The second kappa shape index (κ2) is 6.84. The number of hydrogen-bond donors (Lipinski definition) is 0. The molecule has 0 atom stereocenters. The highest BCUT2D eigenvalue weighted by Crippen LogP contribution is 2.24. The second-order valence-corrected chi connectivity index (χ2v) is 6.23. The molecule has 0 unspecified atom stereocenters. The predicted molar refractivity (Wildman–Crippen MR) is 93.9 cm³/mol. The van der Waals surface area contributed by atoms with E-state index in [0.29, 0.717) is 11.6 Å². The van der Waals surface area contributed by atoms with Crippen molar-refractivity contribution in [1.82, 2.24) is 24.9 Å². The molecule has 2 aromatic heterocycles. The largest absolute Gasteiger partial charge is 0.338 e. The van der Waals surface area contributed by atoms with Crippen LogP contribution in [0.15, 0.2) is 61.2 Å². The van der Waals surface area contributed by atoms with Crippen LogP contribution in [0.3, 0.4) is 0 Å². The number of pyridine rings is 1. The van der Waals surface area contributed by atoms with Crippen LogP contribution in [0.25, 0.3) is 11.1 Å². The molecule has 0 bridgehead atoms. The molecule has 0 saturated carbocycles. The molecule has 1 aliphatic rings. The Hall–Kier alpha value is -3.02. The third kappa shape index (κ3) is 3.28. The van der Waals surface area contributed by atoms with Crippen molar-refractivity contribution in [1.29, 1.82) is 0 Å². The van der Waals surface area contributed by atoms with Crippen molar-refractivity contribution in [3.8, 4) is 11.1 Å². The monoisotopic (exact) mass is 333 g/mol. The molecule has 6 nitrogen and oxygen atoms in total. The van der Waals surface area contributed by atoms with Gasteiger partial charge in [-0.05, 0) is 24.5 Å². The van der Waals surface area contributed by atoms with Gasteiger partial charge in [0.05, 0.1) is 17.8 Å². The van der Waals surface area contributed by atoms with Gasteiger partial charge in [-0.2, -0.15) is 0 Å². The number of carbonyl (C=O) groups is 1. The van der Waals surface area contributed by atoms with E-state index < -0.39 is 0 Å². The number of amides is 1. The van der Waals surface area contributed by atoms with Crippen molar-refractivity contribution in [2.75, 3.05) is 13.1 Å². The number of rotatable bonds is 3. The Labute approximate surface area is 146 Å². The van der Waals surface area contributed by atoms with Gasteiger partial charge in [-0.25, -0.2) is 4.68 Å². The number of carbonyl (C=O) groups excluding carboxylic acids is 1. The Kier molecular flexibility index (Phi) is 4.24. The maximum absolute atomic E-state index is 12.8. The summed E-state index contributed by atoms with van der Waals surface area (Å²) in [7, 11) is 0. The highest BCUT2D eigenvalue weighted by molar-refractivity contribution is 5.95. The zero-order chi connectivity index (χ0) is 17.1. The summed E-state index contributed by atoms with van der Waals surface area (Å²) in [5.41, 5.74) is 2.67. The number of likely N-dealkylation sites (tertiary alicyclic amines) is 1. The first-order valence-electron chi connectivity index (χ1n) is 8.47. The second-order valence-electron chi connectivity index (χ2n) is 6.23. The van der Waals surface area contributed by atoms with Crippen molar-refractivity contribution in [2.45, 2.75) is 18.9 Å². The summed E-state index contributed by atoms with van der Waals surface area (Å²) in [6.45, 7) is 1.44. The van der Waals surface area contributed by atoms with Crippen LogP contribution < -0.4 is 0 Å². The molecular weight excluding hydrogens is 314 g/mol. The van der Waals surface area contributed by atoms with E-state index >= 15 is 0 Å². The number of aromatic nitrogens is 4. The number of nitrogens with zero attached hydrogens (tertiary/aromatic N) is 5. The third-order valence-electron chi connectivity index (χ3n) is 4.66. The maximum Gasteiger partial charge on any atom is 0.255 e. The molecule has 1 amide bonds. The topological polar surface area (TPSA) is 63.9 Å². The van der Waals surface area contributed by atoms with Gasteiger partial charge in [0.2, 0.25) is 0 Å². The Bertz CT molecular complexity index is 839. The molecule has 0 aliphatic carbocycles. The summed E-state index contributed by atoms with van der Waals surface area (Å²) in [5.74, 6) is 0.0438. The highest BCUT2D eigenvalue weighted by atomic mass is 16.2. The number of hydrogen-bond acceptors (Lipinski definition) is 4. The average molecular weight is 333 g/mol. The molecule has 1 fully saturated rings. The zero-order valence-corrected chi connectivity index (χ0v) is 13.8. The van der Waals surface area contributed by atoms with E-state index in [-0.39, 0.29) is 5.91 Å². The van der Waals surface area contributed by atoms with Crippen molar-refractivity contribution >= 4 is 5.91 Å². The van der Waals surface area contributed by atoms with Crippen molar-refractivity contribution in [3.63, 3.8) is 0 Å². The van der Waals surface area contributed by atoms with Gasteiger partial charge in [0, 0.05) is 37.2 Å². The van der Waals surface area contributed by atoms with E-state index in [1.54, 1.807) is 18.6 Å². The van der Waals surface area contributed by atoms with E-state index in [4.69, 9.17) is 0 Å². The molecule has 1 aromatic carbocycles. The Morgan fingerprint density at radius 2 is 1.84 bits per heavy atom. The van der Waals surface area contributed by atoms with E-state index in [2.05, 4.69) is 15.3 Å². The normalized spacial score (nSPS) is 15.3. The molecule has 0 spiro atoms. The van der Waals surface area contributed by atoms with Gasteiger partial charge in [-0.15, -0.1) is 5.10 Å². The van der Waals surface area contributed by atoms with Crippen LogP contribution in [0.4, 0.5) is 0 Å². The Morgan fingerprint density at radius 3 is 2.56 bits per heavy atom. The predicted octanol–water partition coefficient (Wildman–Crippen LogP) is 2.82. The molecule has 6 heteroatoms. The summed E-state index contributed by atoms with van der Waals surface area (Å²) in [6, 6.07) is 12.2. The van der Waals surface area contributed by atoms with Crippen LogP contribution in [0.5, 0.6) is 0 Å². The molecule has 126 valence electrons. The minimum absolute atomic E-state index is 0.0438. The fraction of sp³-hybridized carbons (Fsp3) is 0.263. The van der Waals surface area contributed by atoms with E-state index in [0.717, 1.165) is 37.1 Å². The molecule has 0 radical (unpaired) electrons. The Balaban J connectivity index is 1.47. The fourth-order valence-electron chi connectivity index (χ4n) is 3.27. The summed E-state index contributed by atoms with van der Waals surface area (Å²) in [4.78, 5) is 19.0. The standard InChI is InChI=1S/C19H19N5O/c25-19(23-9-6-18(7-10-23)24-11-8-21-22-24)17-12-16(13-20-14-17)15-4-2-1-3-5-15/h1-5,8,11-14,18H,6-7,9-10H2. The van der Waals surface area contributed by atoms with Crippen molar-refractivity contribution in [3.05, 3.63) is 66.7 Å². The summed E-state index contributed by atoms with van der Waals surface area (Å²) >= 11 is 0. The molecule has 3 aromatic rings. The van der Waals surface area contributed by atoms with Crippen LogP contribution in [0.2, 0.25) is 0 Å².